The summed E-state index contributed by atoms with van der Waals surface area (Å²) in [6.07, 6.45) is 3.09. The van der Waals surface area contributed by atoms with Crippen molar-refractivity contribution in [2.75, 3.05) is 0 Å². The van der Waals surface area contributed by atoms with Crippen LogP contribution in [0.5, 0.6) is 11.5 Å². The molecule has 0 radical (unpaired) electrons. The molecule has 0 amide bonds. The van der Waals surface area contributed by atoms with Gasteiger partial charge in [-0.1, -0.05) is 71.9 Å². The maximum atomic E-state index is 9.06. The lowest BCUT2D eigenvalue weighted by Crippen LogP contribution is -1.84. The van der Waals surface area contributed by atoms with E-state index in [1.807, 2.05) is 30.3 Å². The summed E-state index contributed by atoms with van der Waals surface area (Å²) < 4.78 is 0. The highest BCUT2D eigenvalue weighted by atomic mass is 16.3. The molecule has 2 aromatic rings. The molecule has 0 aliphatic heterocycles. The van der Waals surface area contributed by atoms with E-state index in [0.29, 0.717) is 23.3 Å². The molecule has 2 nitrogen and oxygen atoms in total. The van der Waals surface area contributed by atoms with Crippen molar-refractivity contribution < 1.29 is 10.2 Å². The van der Waals surface area contributed by atoms with Crippen molar-refractivity contribution in [3.05, 3.63) is 72.3 Å². The Morgan fingerprint density at radius 2 is 1.15 bits per heavy atom. The van der Waals surface area contributed by atoms with Gasteiger partial charge in [0.25, 0.3) is 0 Å². The summed E-state index contributed by atoms with van der Waals surface area (Å²) in [7, 11) is 0. The second kappa shape index (κ2) is 13.0. The molecule has 0 bridgehead atoms. The molecule has 0 unspecified atom stereocenters. The van der Waals surface area contributed by atoms with Crippen LogP contribution in [-0.2, 0) is 0 Å². The van der Waals surface area contributed by atoms with E-state index in [-0.39, 0.29) is 0 Å². The van der Waals surface area contributed by atoms with E-state index in [2.05, 4.69) is 48.1 Å². The van der Waals surface area contributed by atoms with Crippen molar-refractivity contribution in [2.24, 2.45) is 5.92 Å². The van der Waals surface area contributed by atoms with Gasteiger partial charge in [-0.05, 0) is 59.6 Å². The highest BCUT2D eigenvalue weighted by Crippen LogP contribution is 2.19. The average Bonchev–Trinajstić information content (AvgIpc) is 2.56. The number of rotatable bonds is 4. The third-order valence-corrected chi connectivity index (χ3v) is 3.71. The monoisotopic (exact) mass is 356 g/mol. The zero-order valence-corrected chi connectivity index (χ0v) is 17.2. The van der Waals surface area contributed by atoms with Crippen molar-refractivity contribution in [2.45, 2.75) is 59.8 Å². The molecule has 0 aromatic heterocycles. The van der Waals surface area contributed by atoms with Gasteiger partial charge in [0.05, 0.1) is 0 Å². The van der Waals surface area contributed by atoms with Crippen molar-refractivity contribution in [1.29, 1.82) is 0 Å². The number of hydrogen-bond donors (Lipinski definition) is 2. The summed E-state index contributed by atoms with van der Waals surface area (Å²) in [6, 6.07) is 14.7. The van der Waals surface area contributed by atoms with Gasteiger partial charge in [0, 0.05) is 0 Å². The van der Waals surface area contributed by atoms with Crippen molar-refractivity contribution >= 4 is 0 Å². The number of phenolic OH excluding ortho intramolecular Hbond substituents is 2. The van der Waals surface area contributed by atoms with Crippen molar-refractivity contribution in [3.63, 3.8) is 0 Å². The van der Waals surface area contributed by atoms with Crippen LogP contribution in [0.1, 0.15) is 70.9 Å². The molecule has 0 atom stereocenters. The van der Waals surface area contributed by atoms with E-state index >= 15 is 0 Å². The Morgan fingerprint density at radius 1 is 0.769 bits per heavy atom. The Labute approximate surface area is 160 Å². The Hall–Kier alpha value is -2.22. The topological polar surface area (TPSA) is 40.5 Å². The standard InChI is InChI=1S/2C9H12O.C6H12/c2*1-7(2)8-4-3-5-9(10)6-8;1-4-5-6(2)3/h2*3-7,10H,1-2H3;4,6H,1,5H2,2-3H3. The summed E-state index contributed by atoms with van der Waals surface area (Å²) in [5.74, 6) is 2.47. The van der Waals surface area contributed by atoms with Gasteiger partial charge in [0.2, 0.25) is 0 Å². The third-order valence-electron chi connectivity index (χ3n) is 3.71. The number of allylic oxidation sites excluding steroid dienone is 1. The smallest absolute Gasteiger partial charge is 0.115 e. The molecule has 2 N–H and O–H groups in total. The first-order valence-corrected chi connectivity index (χ1v) is 9.36. The molecule has 0 spiro atoms. The summed E-state index contributed by atoms with van der Waals surface area (Å²) in [6.45, 7) is 16.4. The first kappa shape index (κ1) is 23.8. The first-order valence-electron chi connectivity index (χ1n) is 9.36. The van der Waals surface area contributed by atoms with E-state index in [4.69, 9.17) is 10.2 Å². The summed E-state index contributed by atoms with van der Waals surface area (Å²) >= 11 is 0. The summed E-state index contributed by atoms with van der Waals surface area (Å²) in [4.78, 5) is 0. The number of aromatic hydroxyl groups is 2. The summed E-state index contributed by atoms with van der Waals surface area (Å²) in [5.41, 5.74) is 2.36. The molecule has 0 fully saturated rings. The van der Waals surface area contributed by atoms with Gasteiger partial charge >= 0.3 is 0 Å². The lowest BCUT2D eigenvalue weighted by atomic mass is 10.0. The number of benzene rings is 2. The molecule has 2 aromatic carbocycles. The average molecular weight is 357 g/mol. The van der Waals surface area contributed by atoms with Gasteiger partial charge in [-0.2, -0.15) is 0 Å². The minimum Gasteiger partial charge on any atom is -0.508 e. The van der Waals surface area contributed by atoms with Crippen LogP contribution in [0.3, 0.4) is 0 Å². The number of phenols is 2. The SMILES string of the molecule is C=CCC(C)C.CC(C)c1cccc(O)c1.CC(C)c1cccc(O)c1. The fraction of sp³-hybridized carbons (Fsp3) is 0.417. The molecular weight excluding hydrogens is 320 g/mol. The Morgan fingerprint density at radius 3 is 1.31 bits per heavy atom. The zero-order chi connectivity index (χ0) is 20.1. The number of hydrogen-bond acceptors (Lipinski definition) is 2. The van der Waals surface area contributed by atoms with Crippen LogP contribution in [-0.4, -0.2) is 10.2 Å². The van der Waals surface area contributed by atoms with Gasteiger partial charge < -0.3 is 10.2 Å². The predicted octanol–water partition coefficient (Wildman–Crippen LogP) is 7.25. The Balaban J connectivity index is 0.000000375. The molecule has 0 heterocycles. The van der Waals surface area contributed by atoms with E-state index < -0.39 is 0 Å². The quantitative estimate of drug-likeness (QED) is 0.566. The van der Waals surface area contributed by atoms with Gasteiger partial charge in [0.1, 0.15) is 11.5 Å². The molecule has 2 rings (SSSR count). The fourth-order valence-electron chi connectivity index (χ4n) is 2.10. The Bertz CT molecular complexity index is 578. The maximum Gasteiger partial charge on any atom is 0.115 e. The second-order valence-corrected chi connectivity index (χ2v) is 7.42. The molecule has 0 saturated carbocycles. The normalized spacial score (nSPS) is 10.0. The molecule has 2 heteroatoms. The second-order valence-electron chi connectivity index (χ2n) is 7.42. The zero-order valence-electron chi connectivity index (χ0n) is 17.2. The highest BCUT2D eigenvalue weighted by molar-refractivity contribution is 5.29. The van der Waals surface area contributed by atoms with Crippen molar-refractivity contribution in [1.82, 2.24) is 0 Å². The van der Waals surface area contributed by atoms with E-state index in [0.717, 1.165) is 12.3 Å². The molecule has 26 heavy (non-hydrogen) atoms. The van der Waals surface area contributed by atoms with Crippen molar-refractivity contribution in [3.8, 4) is 11.5 Å². The van der Waals surface area contributed by atoms with Crippen LogP contribution in [0.15, 0.2) is 61.2 Å². The minimum absolute atomic E-state index is 0.353. The molecule has 0 saturated heterocycles. The maximum absolute atomic E-state index is 9.06. The predicted molar refractivity (Wildman–Crippen MR) is 114 cm³/mol. The molecular formula is C24H36O2. The van der Waals surface area contributed by atoms with Gasteiger partial charge in [-0.15, -0.1) is 6.58 Å². The van der Waals surface area contributed by atoms with Crippen LogP contribution < -0.4 is 0 Å². The van der Waals surface area contributed by atoms with E-state index in [1.54, 1.807) is 24.3 Å². The fourth-order valence-corrected chi connectivity index (χ4v) is 2.10. The van der Waals surface area contributed by atoms with Gasteiger partial charge in [-0.25, -0.2) is 0 Å². The van der Waals surface area contributed by atoms with E-state index in [1.165, 1.54) is 11.1 Å². The highest BCUT2D eigenvalue weighted by Gasteiger charge is 1.98. The largest absolute Gasteiger partial charge is 0.508 e. The molecule has 0 aliphatic carbocycles. The minimum atomic E-state index is 0.353. The lowest BCUT2D eigenvalue weighted by molar-refractivity contribution is 0.473. The van der Waals surface area contributed by atoms with Crippen LogP contribution in [0.2, 0.25) is 0 Å². The molecule has 144 valence electrons. The van der Waals surface area contributed by atoms with E-state index in [9.17, 15) is 0 Å². The van der Waals surface area contributed by atoms with Gasteiger partial charge in [0.15, 0.2) is 0 Å². The van der Waals surface area contributed by atoms with Gasteiger partial charge in [-0.3, -0.25) is 0 Å². The lowest BCUT2D eigenvalue weighted by Gasteiger charge is -2.03. The Kier molecular flexibility index (Phi) is 11.9. The first-order chi connectivity index (χ1) is 12.2. The molecule has 0 aliphatic rings. The van der Waals surface area contributed by atoms with Crippen LogP contribution in [0.25, 0.3) is 0 Å². The van der Waals surface area contributed by atoms with Crippen LogP contribution in [0, 0.1) is 5.92 Å². The van der Waals surface area contributed by atoms with Crippen LogP contribution in [0.4, 0.5) is 0 Å². The summed E-state index contributed by atoms with van der Waals surface area (Å²) in [5, 5.41) is 18.1. The van der Waals surface area contributed by atoms with Crippen LogP contribution >= 0.6 is 0 Å². The third kappa shape index (κ3) is 11.4.